The highest BCUT2D eigenvalue weighted by Crippen LogP contribution is 2.27. The van der Waals surface area contributed by atoms with Crippen LogP contribution in [0.4, 0.5) is 8.78 Å². The highest BCUT2D eigenvalue weighted by atomic mass is 32.2. The summed E-state index contributed by atoms with van der Waals surface area (Å²) in [7, 11) is -2.43. The Bertz CT molecular complexity index is 1320. The van der Waals surface area contributed by atoms with E-state index in [0.29, 0.717) is 41.0 Å². The number of nitrogens with zero attached hydrogens (tertiary/aromatic N) is 3. The number of sulfonamides is 1. The van der Waals surface area contributed by atoms with Crippen LogP contribution in [0.5, 0.6) is 0 Å². The summed E-state index contributed by atoms with van der Waals surface area (Å²) in [5.41, 5.74) is 0.710. The van der Waals surface area contributed by atoms with Crippen molar-refractivity contribution in [3.63, 3.8) is 0 Å². The first-order valence-electron chi connectivity index (χ1n) is 9.95. The molecule has 1 unspecified atom stereocenters. The van der Waals surface area contributed by atoms with Crippen molar-refractivity contribution in [2.24, 2.45) is 4.99 Å². The third-order valence-corrected chi connectivity index (χ3v) is 8.24. The van der Waals surface area contributed by atoms with Crippen LogP contribution in [0.15, 0.2) is 52.4 Å². The molecule has 11 heteroatoms. The van der Waals surface area contributed by atoms with Gasteiger partial charge in [-0.25, -0.2) is 17.2 Å². The third-order valence-electron chi connectivity index (χ3n) is 5.28. The van der Waals surface area contributed by atoms with Gasteiger partial charge < -0.3 is 9.30 Å². The Morgan fingerprint density at radius 1 is 1.19 bits per heavy atom. The number of benzene rings is 2. The molecule has 1 atom stereocenters. The van der Waals surface area contributed by atoms with Crippen LogP contribution in [0.1, 0.15) is 12.8 Å². The number of carbonyl (C=O) groups is 1. The molecular formula is C21H21F2N3O4S2. The summed E-state index contributed by atoms with van der Waals surface area (Å²) >= 11 is 1.15. The third kappa shape index (κ3) is 4.38. The van der Waals surface area contributed by atoms with E-state index in [-0.39, 0.29) is 11.4 Å². The van der Waals surface area contributed by atoms with Crippen molar-refractivity contribution in [3.05, 3.63) is 58.9 Å². The summed E-state index contributed by atoms with van der Waals surface area (Å²) in [5.74, 6) is -1.54. The second-order valence-corrected chi connectivity index (χ2v) is 10.2. The zero-order chi connectivity index (χ0) is 22.9. The molecule has 0 saturated carbocycles. The largest absolute Gasteiger partial charge is 0.383 e. The number of aromatic nitrogens is 1. The van der Waals surface area contributed by atoms with Gasteiger partial charge in [0.15, 0.2) is 4.80 Å². The van der Waals surface area contributed by atoms with E-state index < -0.39 is 33.6 Å². The van der Waals surface area contributed by atoms with E-state index in [1.807, 2.05) is 0 Å². The van der Waals surface area contributed by atoms with E-state index in [9.17, 15) is 22.0 Å². The number of carbonyl (C=O) groups excluding carboxylic acids is 1. The highest BCUT2D eigenvalue weighted by molar-refractivity contribution is 7.89. The molecule has 1 saturated heterocycles. The molecular weight excluding hydrogens is 460 g/mol. The number of rotatable bonds is 6. The zero-order valence-corrected chi connectivity index (χ0v) is 18.8. The second kappa shape index (κ2) is 9.18. The maximum Gasteiger partial charge on any atom is 0.266 e. The SMILES string of the molecule is COCCn1c(=NC(=O)C2CCCN2S(=O)(=O)c2ccc(F)cc2)sc2cc(F)ccc21. The van der Waals surface area contributed by atoms with Gasteiger partial charge in [0.1, 0.15) is 17.7 Å². The smallest absolute Gasteiger partial charge is 0.266 e. The van der Waals surface area contributed by atoms with Crippen molar-refractivity contribution in [2.75, 3.05) is 20.3 Å². The molecule has 1 fully saturated rings. The van der Waals surface area contributed by atoms with Crippen molar-refractivity contribution in [2.45, 2.75) is 30.3 Å². The average molecular weight is 482 g/mol. The van der Waals surface area contributed by atoms with Gasteiger partial charge in [-0.2, -0.15) is 9.30 Å². The molecule has 1 aliphatic rings. The first-order valence-corrected chi connectivity index (χ1v) is 12.2. The molecule has 0 bridgehead atoms. The van der Waals surface area contributed by atoms with E-state index in [0.717, 1.165) is 27.8 Å². The van der Waals surface area contributed by atoms with Crippen LogP contribution in [-0.2, 0) is 26.1 Å². The lowest BCUT2D eigenvalue weighted by molar-refractivity contribution is -0.121. The van der Waals surface area contributed by atoms with E-state index in [1.54, 1.807) is 17.7 Å². The topological polar surface area (TPSA) is 81.0 Å². The van der Waals surface area contributed by atoms with Gasteiger partial charge in [-0.1, -0.05) is 11.3 Å². The number of hydrogen-bond donors (Lipinski definition) is 0. The van der Waals surface area contributed by atoms with Crippen LogP contribution in [0, 0.1) is 11.6 Å². The van der Waals surface area contributed by atoms with Gasteiger partial charge in [-0.05, 0) is 55.3 Å². The van der Waals surface area contributed by atoms with Crippen molar-refractivity contribution in [1.82, 2.24) is 8.87 Å². The lowest BCUT2D eigenvalue weighted by atomic mass is 10.2. The van der Waals surface area contributed by atoms with Crippen molar-refractivity contribution < 1.29 is 26.7 Å². The van der Waals surface area contributed by atoms with Crippen LogP contribution < -0.4 is 4.80 Å². The first kappa shape index (κ1) is 22.7. The molecule has 2 heterocycles. The van der Waals surface area contributed by atoms with Crippen LogP contribution in [-0.4, -0.2) is 49.5 Å². The first-order chi connectivity index (χ1) is 15.3. The fraction of sp³-hybridized carbons (Fsp3) is 0.333. The molecule has 0 aliphatic carbocycles. The van der Waals surface area contributed by atoms with Gasteiger partial charge in [0.25, 0.3) is 5.91 Å². The van der Waals surface area contributed by atoms with Crippen LogP contribution in [0.25, 0.3) is 10.2 Å². The summed E-state index contributed by atoms with van der Waals surface area (Å²) in [5, 5.41) is 0. The molecule has 0 radical (unpaired) electrons. The fourth-order valence-electron chi connectivity index (χ4n) is 3.72. The Balaban J connectivity index is 1.71. The molecule has 3 aromatic rings. The van der Waals surface area contributed by atoms with Gasteiger partial charge in [0.2, 0.25) is 10.0 Å². The van der Waals surface area contributed by atoms with E-state index in [1.165, 1.54) is 24.3 Å². The number of ether oxygens (including phenoxy) is 1. The van der Waals surface area contributed by atoms with E-state index in [2.05, 4.69) is 4.99 Å². The molecule has 32 heavy (non-hydrogen) atoms. The molecule has 1 amide bonds. The summed E-state index contributed by atoms with van der Waals surface area (Å²) in [4.78, 5) is 17.6. The van der Waals surface area contributed by atoms with Gasteiger partial charge in [-0.3, -0.25) is 4.79 Å². The number of hydrogen-bond acceptors (Lipinski definition) is 5. The van der Waals surface area contributed by atoms with Crippen molar-refractivity contribution >= 4 is 37.5 Å². The molecule has 170 valence electrons. The van der Waals surface area contributed by atoms with Crippen LogP contribution >= 0.6 is 11.3 Å². The summed E-state index contributed by atoms with van der Waals surface area (Å²) in [6, 6.07) is 7.86. The molecule has 4 rings (SSSR count). The maximum atomic E-state index is 13.7. The molecule has 0 N–H and O–H groups in total. The van der Waals surface area contributed by atoms with Crippen LogP contribution in [0.2, 0.25) is 0 Å². The van der Waals surface area contributed by atoms with Crippen LogP contribution in [0.3, 0.4) is 0 Å². The lowest BCUT2D eigenvalue weighted by Gasteiger charge is -2.21. The Morgan fingerprint density at radius 3 is 2.62 bits per heavy atom. The average Bonchev–Trinajstić information content (AvgIpc) is 3.37. The Kier molecular flexibility index (Phi) is 6.52. The second-order valence-electron chi connectivity index (χ2n) is 7.32. The minimum atomic E-state index is -3.98. The zero-order valence-electron chi connectivity index (χ0n) is 17.2. The summed E-state index contributed by atoms with van der Waals surface area (Å²) in [6.45, 7) is 0.933. The van der Waals surface area contributed by atoms with Gasteiger partial charge in [0, 0.05) is 20.2 Å². The predicted octanol–water partition coefficient (Wildman–Crippen LogP) is 2.91. The highest BCUT2D eigenvalue weighted by Gasteiger charge is 2.39. The monoisotopic (exact) mass is 481 g/mol. The lowest BCUT2D eigenvalue weighted by Crippen LogP contribution is -2.40. The van der Waals surface area contributed by atoms with E-state index >= 15 is 0 Å². The summed E-state index contributed by atoms with van der Waals surface area (Å²) in [6.07, 6.45) is 0.841. The van der Waals surface area contributed by atoms with E-state index in [4.69, 9.17) is 4.74 Å². The fourth-order valence-corrected chi connectivity index (χ4v) is 6.45. The molecule has 1 aromatic heterocycles. The Morgan fingerprint density at radius 2 is 1.91 bits per heavy atom. The number of fused-ring (bicyclic) bond motifs is 1. The number of amides is 1. The molecule has 0 spiro atoms. The minimum absolute atomic E-state index is 0.0777. The molecule has 1 aliphatic heterocycles. The minimum Gasteiger partial charge on any atom is -0.383 e. The summed E-state index contributed by atoms with van der Waals surface area (Å²) < 4.78 is 61.6. The standard InChI is InChI=1S/C21H21F2N3O4S2/c1-30-12-11-25-17-9-6-15(23)13-19(17)31-21(25)24-20(27)18-3-2-10-26(18)32(28,29)16-7-4-14(22)5-8-16/h4-9,13,18H,2-3,10-12H2,1H3. The van der Waals surface area contributed by atoms with Crippen molar-refractivity contribution in [3.8, 4) is 0 Å². The quantitative estimate of drug-likeness (QED) is 0.542. The number of methoxy groups -OCH3 is 1. The Hall–Kier alpha value is -2.47. The van der Waals surface area contributed by atoms with Crippen molar-refractivity contribution in [1.29, 1.82) is 0 Å². The Labute approximate surface area is 187 Å². The van der Waals surface area contributed by atoms with Gasteiger partial charge >= 0.3 is 0 Å². The maximum absolute atomic E-state index is 13.7. The van der Waals surface area contributed by atoms with Gasteiger partial charge in [0.05, 0.1) is 21.7 Å². The number of halogens is 2. The molecule has 7 nitrogen and oxygen atoms in total. The normalized spacial score (nSPS) is 18.0. The number of thiazole rings is 1. The molecule has 2 aromatic carbocycles. The van der Waals surface area contributed by atoms with Gasteiger partial charge in [-0.15, -0.1) is 0 Å². The predicted molar refractivity (Wildman–Crippen MR) is 116 cm³/mol.